The van der Waals surface area contributed by atoms with Crippen LogP contribution in [0.2, 0.25) is 0 Å². The number of carbonyl (C=O) groups excluding carboxylic acids is 1. The van der Waals surface area contributed by atoms with Crippen molar-refractivity contribution in [2.75, 3.05) is 11.1 Å². The van der Waals surface area contributed by atoms with Gasteiger partial charge in [-0.05, 0) is 29.9 Å². The zero-order valence-electron chi connectivity index (χ0n) is 16.4. The van der Waals surface area contributed by atoms with Gasteiger partial charge in [0.1, 0.15) is 6.04 Å². The van der Waals surface area contributed by atoms with E-state index in [4.69, 9.17) is 0 Å². The van der Waals surface area contributed by atoms with Gasteiger partial charge >= 0.3 is 6.18 Å². The molecule has 166 valence electrons. The fourth-order valence-electron chi connectivity index (χ4n) is 2.36. The van der Waals surface area contributed by atoms with Crippen LogP contribution in [-0.2, 0) is 21.0 Å². The molecule has 0 saturated heterocycles. The molecule has 0 aliphatic carbocycles. The van der Waals surface area contributed by atoms with Gasteiger partial charge < -0.3 is 0 Å². The van der Waals surface area contributed by atoms with E-state index in [9.17, 15) is 26.4 Å². The van der Waals surface area contributed by atoms with Crippen molar-refractivity contribution in [1.29, 1.82) is 0 Å². The number of hydrogen-bond donors (Lipinski definition) is 2. The minimum absolute atomic E-state index is 0.211. The summed E-state index contributed by atoms with van der Waals surface area (Å²) in [7, 11) is -4.39. The minimum Gasteiger partial charge on any atom is -0.299 e. The van der Waals surface area contributed by atoms with Crippen LogP contribution in [0.25, 0.3) is 0 Å². The molecule has 1 heterocycles. The van der Waals surface area contributed by atoms with E-state index < -0.39 is 44.5 Å². The number of hydrogen-bond acceptors (Lipinski definition) is 7. The Bertz CT molecular complexity index is 980. The average molecular weight is 483 g/mol. The zero-order chi connectivity index (χ0) is 22.5. The van der Waals surface area contributed by atoms with Gasteiger partial charge in [0.25, 0.3) is 0 Å². The van der Waals surface area contributed by atoms with Gasteiger partial charge in [-0.1, -0.05) is 56.4 Å². The molecule has 1 aromatic carbocycles. The van der Waals surface area contributed by atoms with E-state index in [0.29, 0.717) is 16.8 Å². The summed E-state index contributed by atoms with van der Waals surface area (Å²) in [4.78, 5) is 12.2. The first-order chi connectivity index (χ1) is 14.0. The van der Waals surface area contributed by atoms with Gasteiger partial charge in [0, 0.05) is 0 Å². The van der Waals surface area contributed by atoms with Crippen LogP contribution in [0.3, 0.4) is 0 Å². The Morgan fingerprint density at radius 1 is 1.27 bits per heavy atom. The van der Waals surface area contributed by atoms with Gasteiger partial charge in [-0.2, -0.15) is 17.9 Å². The van der Waals surface area contributed by atoms with Crippen LogP contribution >= 0.6 is 23.1 Å². The zero-order valence-corrected chi connectivity index (χ0v) is 18.8. The molecule has 0 radical (unpaired) electrons. The summed E-state index contributed by atoms with van der Waals surface area (Å²) < 4.78 is 67.1. The molecule has 0 bridgehead atoms. The number of nitrogens with zero attached hydrogens (tertiary/aromatic N) is 2. The van der Waals surface area contributed by atoms with E-state index in [-0.39, 0.29) is 5.13 Å². The lowest BCUT2D eigenvalue weighted by Crippen LogP contribution is -2.47. The van der Waals surface area contributed by atoms with Crippen molar-refractivity contribution in [3.05, 3.63) is 29.8 Å². The Balaban J connectivity index is 2.25. The number of thioether (sulfide) groups is 1. The van der Waals surface area contributed by atoms with E-state index in [1.807, 2.05) is 6.92 Å². The highest BCUT2D eigenvalue weighted by atomic mass is 32.2. The van der Waals surface area contributed by atoms with Crippen LogP contribution in [-0.4, -0.2) is 36.3 Å². The van der Waals surface area contributed by atoms with Crippen molar-refractivity contribution in [2.24, 2.45) is 5.92 Å². The van der Waals surface area contributed by atoms with Crippen molar-refractivity contribution in [2.45, 2.75) is 48.6 Å². The van der Waals surface area contributed by atoms with E-state index in [0.717, 1.165) is 35.3 Å². The van der Waals surface area contributed by atoms with Crippen LogP contribution in [0.5, 0.6) is 0 Å². The Hall–Kier alpha value is -1.70. The van der Waals surface area contributed by atoms with Crippen LogP contribution in [0, 0.1) is 5.92 Å². The largest absolute Gasteiger partial charge is 0.416 e. The Morgan fingerprint density at radius 2 is 1.97 bits per heavy atom. The predicted octanol–water partition coefficient (Wildman–Crippen LogP) is 4.00. The average Bonchev–Trinajstić information content (AvgIpc) is 3.12. The third kappa shape index (κ3) is 6.40. The highest BCUT2D eigenvalue weighted by Crippen LogP contribution is 2.31. The second-order valence-corrected chi connectivity index (χ2v) is 10.5. The van der Waals surface area contributed by atoms with Crippen molar-refractivity contribution in [3.8, 4) is 0 Å². The molecule has 0 unspecified atom stereocenters. The second kappa shape index (κ2) is 10.1. The summed E-state index contributed by atoms with van der Waals surface area (Å²) in [5, 5.41) is 10.5. The number of anilines is 1. The number of alkyl halides is 3. The lowest BCUT2D eigenvalue weighted by molar-refractivity contribution is -0.137. The van der Waals surface area contributed by atoms with Crippen LogP contribution in [0.4, 0.5) is 18.3 Å². The standard InChI is InChI=1S/C17H21F3N4O3S3/c1-4-10(3)13(14(25)21-15-22-23-16(29-15)28-5-2)24-30(26,27)12-8-6-7-11(9-12)17(18,19)20/h6-10,13,24H,4-5H2,1-3H3,(H,21,22,25)/t10-,13-/m0/s1. The van der Waals surface area contributed by atoms with Crippen molar-refractivity contribution >= 4 is 44.2 Å². The molecule has 0 spiro atoms. The van der Waals surface area contributed by atoms with E-state index >= 15 is 0 Å². The van der Waals surface area contributed by atoms with Gasteiger partial charge in [0.15, 0.2) is 4.34 Å². The van der Waals surface area contributed by atoms with Crippen molar-refractivity contribution in [1.82, 2.24) is 14.9 Å². The molecule has 0 aliphatic heterocycles. The molecule has 2 atom stereocenters. The number of carbonyl (C=O) groups is 1. The predicted molar refractivity (Wildman–Crippen MR) is 110 cm³/mol. The number of amides is 1. The molecule has 0 saturated carbocycles. The first-order valence-corrected chi connectivity index (χ1v) is 12.2. The normalized spacial score (nSPS) is 14.3. The maximum absolute atomic E-state index is 12.9. The SMILES string of the molecule is CCSc1nnc(NC(=O)[C@@H](NS(=O)(=O)c2cccc(C(F)(F)F)c2)[C@@H](C)CC)s1. The van der Waals surface area contributed by atoms with Gasteiger partial charge in [0.2, 0.25) is 21.1 Å². The molecule has 7 nitrogen and oxygen atoms in total. The highest BCUT2D eigenvalue weighted by molar-refractivity contribution is 8.01. The molecule has 13 heteroatoms. The number of aromatic nitrogens is 2. The summed E-state index contributed by atoms with van der Waals surface area (Å²) >= 11 is 2.59. The van der Waals surface area contributed by atoms with Gasteiger partial charge in [-0.25, -0.2) is 8.42 Å². The lowest BCUT2D eigenvalue weighted by atomic mass is 9.99. The number of halogens is 3. The molecular formula is C17H21F3N4O3S3. The number of benzene rings is 1. The summed E-state index contributed by atoms with van der Waals surface area (Å²) in [6, 6.07) is 2.15. The third-order valence-electron chi connectivity index (χ3n) is 4.15. The molecule has 0 aliphatic rings. The summed E-state index contributed by atoms with van der Waals surface area (Å²) in [6.45, 7) is 5.37. The molecule has 1 amide bonds. The first-order valence-electron chi connectivity index (χ1n) is 8.94. The van der Waals surface area contributed by atoms with Crippen LogP contribution in [0.1, 0.15) is 32.8 Å². The molecule has 30 heavy (non-hydrogen) atoms. The Labute approximate surface area is 180 Å². The Morgan fingerprint density at radius 3 is 2.57 bits per heavy atom. The first kappa shape index (κ1) is 24.6. The van der Waals surface area contributed by atoms with Crippen molar-refractivity contribution < 1.29 is 26.4 Å². The van der Waals surface area contributed by atoms with Gasteiger partial charge in [-0.15, -0.1) is 10.2 Å². The van der Waals surface area contributed by atoms with E-state index in [1.54, 1.807) is 13.8 Å². The maximum Gasteiger partial charge on any atom is 0.416 e. The fraction of sp³-hybridized carbons (Fsp3) is 0.471. The number of nitrogens with one attached hydrogen (secondary N) is 2. The maximum atomic E-state index is 12.9. The quantitative estimate of drug-likeness (QED) is 0.414. The lowest BCUT2D eigenvalue weighted by Gasteiger charge is -2.23. The number of rotatable bonds is 9. The van der Waals surface area contributed by atoms with E-state index in [1.165, 1.54) is 11.8 Å². The minimum atomic E-state index is -4.69. The molecule has 2 N–H and O–H groups in total. The molecule has 0 fully saturated rings. The van der Waals surface area contributed by atoms with Gasteiger partial charge in [0.05, 0.1) is 10.5 Å². The highest BCUT2D eigenvalue weighted by Gasteiger charge is 2.34. The summed E-state index contributed by atoms with van der Waals surface area (Å²) in [5.41, 5.74) is -1.09. The summed E-state index contributed by atoms with van der Waals surface area (Å²) in [6.07, 6.45) is -4.23. The smallest absolute Gasteiger partial charge is 0.299 e. The monoisotopic (exact) mass is 482 g/mol. The van der Waals surface area contributed by atoms with Crippen LogP contribution < -0.4 is 10.0 Å². The topological polar surface area (TPSA) is 101 Å². The molecule has 1 aromatic heterocycles. The summed E-state index contributed by atoms with van der Waals surface area (Å²) in [5.74, 6) is -0.318. The van der Waals surface area contributed by atoms with E-state index in [2.05, 4.69) is 20.2 Å². The van der Waals surface area contributed by atoms with Crippen molar-refractivity contribution in [3.63, 3.8) is 0 Å². The third-order valence-corrected chi connectivity index (χ3v) is 7.45. The molecular weight excluding hydrogens is 461 g/mol. The molecule has 2 aromatic rings. The molecule has 2 rings (SSSR count). The van der Waals surface area contributed by atoms with Gasteiger partial charge in [-0.3, -0.25) is 10.1 Å². The second-order valence-electron chi connectivity index (χ2n) is 6.31. The number of sulfonamides is 1. The fourth-order valence-corrected chi connectivity index (χ4v) is 5.37. The van der Waals surface area contributed by atoms with Crippen LogP contribution in [0.15, 0.2) is 33.5 Å². The Kier molecular flexibility index (Phi) is 8.25.